The van der Waals surface area contributed by atoms with E-state index < -0.39 is 17.9 Å². The van der Waals surface area contributed by atoms with E-state index in [1.165, 1.54) is 0 Å². The summed E-state index contributed by atoms with van der Waals surface area (Å²) in [5.41, 5.74) is 0. The summed E-state index contributed by atoms with van der Waals surface area (Å²) in [7, 11) is 0. The van der Waals surface area contributed by atoms with Crippen LogP contribution in [0.2, 0.25) is 0 Å². The highest BCUT2D eigenvalue weighted by atomic mass is 32.2. The first-order valence-corrected chi connectivity index (χ1v) is 6.02. The molecule has 0 aliphatic carbocycles. The minimum Gasteiger partial charge on any atom is -0.481 e. The Morgan fingerprint density at radius 2 is 1.79 bits per heavy atom. The Balaban J connectivity index is 3.62. The molecule has 0 aromatic carbocycles. The number of rotatable bonds is 8. The molecule has 0 rings (SSSR count). The van der Waals surface area contributed by atoms with E-state index >= 15 is 0 Å². The van der Waals surface area contributed by atoms with Crippen LogP contribution < -0.4 is 0 Å². The second kappa shape index (κ2) is 7.99. The lowest BCUT2D eigenvalue weighted by Gasteiger charge is -2.06. The second-order valence-corrected chi connectivity index (χ2v) is 4.38. The van der Waals surface area contributed by atoms with E-state index in [9.17, 15) is 9.59 Å². The summed E-state index contributed by atoms with van der Waals surface area (Å²) >= 11 is 5.68. The third kappa shape index (κ3) is 6.15. The molecule has 14 heavy (non-hydrogen) atoms. The molecule has 0 amide bonds. The normalized spacial score (nSPS) is 10.4. The lowest BCUT2D eigenvalue weighted by Crippen LogP contribution is -2.23. The second-order valence-electron chi connectivity index (χ2n) is 2.71. The average molecular weight is 238 g/mol. The van der Waals surface area contributed by atoms with Gasteiger partial charge in [-0.1, -0.05) is 0 Å². The van der Waals surface area contributed by atoms with Crippen LogP contribution in [-0.2, 0) is 9.59 Å². The molecular formula is C8H14O4S2. The highest BCUT2D eigenvalue weighted by Crippen LogP contribution is 2.11. The van der Waals surface area contributed by atoms with E-state index in [4.69, 9.17) is 10.2 Å². The maximum atomic E-state index is 10.5. The summed E-state index contributed by atoms with van der Waals surface area (Å²) in [5, 5.41) is 17.1. The Labute approximate surface area is 92.5 Å². The van der Waals surface area contributed by atoms with E-state index in [1.54, 1.807) is 11.8 Å². The van der Waals surface area contributed by atoms with Crippen molar-refractivity contribution in [2.24, 2.45) is 5.92 Å². The van der Waals surface area contributed by atoms with Gasteiger partial charge in [-0.25, -0.2) is 0 Å². The smallest absolute Gasteiger partial charge is 0.317 e. The van der Waals surface area contributed by atoms with Gasteiger partial charge in [-0.15, -0.1) is 0 Å². The largest absolute Gasteiger partial charge is 0.481 e. The summed E-state index contributed by atoms with van der Waals surface area (Å²) < 4.78 is 0. The van der Waals surface area contributed by atoms with Crippen LogP contribution in [0.1, 0.15) is 12.8 Å². The standard InChI is InChI=1S/C8H14O4S2/c9-7(10)6(8(11)12)2-1-4-14-5-3-13/h6,13H,1-5H2,(H,9,10)(H,11,12). The van der Waals surface area contributed by atoms with E-state index in [-0.39, 0.29) is 6.42 Å². The van der Waals surface area contributed by atoms with Crippen LogP contribution >= 0.6 is 24.4 Å². The van der Waals surface area contributed by atoms with Gasteiger partial charge >= 0.3 is 11.9 Å². The Kier molecular flexibility index (Phi) is 7.78. The highest BCUT2D eigenvalue weighted by molar-refractivity contribution is 7.99. The molecule has 0 aromatic heterocycles. The Bertz CT molecular complexity index is 182. The van der Waals surface area contributed by atoms with Crippen LogP contribution in [0.3, 0.4) is 0 Å². The molecule has 0 aromatic rings. The summed E-state index contributed by atoms with van der Waals surface area (Å²) in [6, 6.07) is 0. The molecule has 0 atom stereocenters. The monoisotopic (exact) mass is 238 g/mol. The molecule has 6 heteroatoms. The molecule has 82 valence electrons. The average Bonchev–Trinajstić information content (AvgIpc) is 2.09. The maximum Gasteiger partial charge on any atom is 0.317 e. The fourth-order valence-electron chi connectivity index (χ4n) is 0.909. The number of thioether (sulfide) groups is 1. The van der Waals surface area contributed by atoms with Crippen molar-refractivity contribution in [1.29, 1.82) is 0 Å². The predicted molar refractivity (Wildman–Crippen MR) is 59.2 cm³/mol. The molecule has 0 aliphatic rings. The van der Waals surface area contributed by atoms with E-state index in [1.807, 2.05) is 0 Å². The van der Waals surface area contributed by atoms with Crippen LogP contribution in [0, 0.1) is 5.92 Å². The first-order chi connectivity index (χ1) is 6.59. The van der Waals surface area contributed by atoms with Crippen LogP contribution in [0.5, 0.6) is 0 Å². The number of aliphatic carboxylic acids is 2. The molecule has 0 bridgehead atoms. The molecule has 4 nitrogen and oxygen atoms in total. The molecule has 0 unspecified atom stereocenters. The molecular weight excluding hydrogens is 224 g/mol. The van der Waals surface area contributed by atoms with Crippen LogP contribution in [0.25, 0.3) is 0 Å². The maximum absolute atomic E-state index is 10.5. The van der Waals surface area contributed by atoms with Crippen LogP contribution in [0.4, 0.5) is 0 Å². The minimum absolute atomic E-state index is 0.199. The lowest BCUT2D eigenvalue weighted by molar-refractivity contribution is -0.154. The van der Waals surface area contributed by atoms with Crippen molar-refractivity contribution in [3.05, 3.63) is 0 Å². The molecule has 0 saturated carbocycles. The lowest BCUT2D eigenvalue weighted by atomic mass is 10.1. The van der Waals surface area contributed by atoms with Crippen molar-refractivity contribution in [2.45, 2.75) is 12.8 Å². The van der Waals surface area contributed by atoms with Gasteiger partial charge < -0.3 is 10.2 Å². The van der Waals surface area contributed by atoms with Gasteiger partial charge in [0.2, 0.25) is 0 Å². The Morgan fingerprint density at radius 1 is 1.21 bits per heavy atom. The quantitative estimate of drug-likeness (QED) is 0.337. The van der Waals surface area contributed by atoms with Gasteiger partial charge in [0.25, 0.3) is 0 Å². The van der Waals surface area contributed by atoms with E-state index in [0.29, 0.717) is 6.42 Å². The van der Waals surface area contributed by atoms with Crippen LogP contribution in [-0.4, -0.2) is 39.4 Å². The molecule has 0 heterocycles. The molecule has 0 radical (unpaired) electrons. The number of hydrogen-bond donors (Lipinski definition) is 3. The third-order valence-corrected chi connectivity index (χ3v) is 3.21. The van der Waals surface area contributed by atoms with Gasteiger partial charge in [0.1, 0.15) is 0 Å². The number of thiol groups is 1. The molecule has 0 saturated heterocycles. The fraction of sp³-hybridized carbons (Fsp3) is 0.750. The number of carbonyl (C=O) groups is 2. The highest BCUT2D eigenvalue weighted by Gasteiger charge is 2.24. The van der Waals surface area contributed by atoms with E-state index in [0.717, 1.165) is 17.3 Å². The molecule has 0 fully saturated rings. The van der Waals surface area contributed by atoms with E-state index in [2.05, 4.69) is 12.6 Å². The number of hydrogen-bond acceptors (Lipinski definition) is 4. The minimum atomic E-state index is -1.26. The van der Waals surface area contributed by atoms with Crippen molar-refractivity contribution in [2.75, 3.05) is 17.3 Å². The van der Waals surface area contributed by atoms with Gasteiger partial charge in [0, 0.05) is 5.75 Å². The van der Waals surface area contributed by atoms with Crippen molar-refractivity contribution in [3.63, 3.8) is 0 Å². The number of carboxylic acid groups (broad SMARTS) is 2. The van der Waals surface area contributed by atoms with Crippen LogP contribution in [0.15, 0.2) is 0 Å². The molecule has 2 N–H and O–H groups in total. The summed E-state index contributed by atoms with van der Waals surface area (Å²) in [4.78, 5) is 20.9. The number of carboxylic acids is 2. The first kappa shape index (κ1) is 13.6. The van der Waals surface area contributed by atoms with Gasteiger partial charge in [0.05, 0.1) is 0 Å². The Hall–Kier alpha value is -0.360. The zero-order chi connectivity index (χ0) is 11.0. The zero-order valence-corrected chi connectivity index (χ0v) is 9.39. The van der Waals surface area contributed by atoms with Gasteiger partial charge in [-0.3, -0.25) is 9.59 Å². The molecule has 0 aliphatic heterocycles. The Morgan fingerprint density at radius 3 is 2.21 bits per heavy atom. The van der Waals surface area contributed by atoms with Crippen molar-refractivity contribution < 1.29 is 19.8 Å². The van der Waals surface area contributed by atoms with Crippen molar-refractivity contribution in [3.8, 4) is 0 Å². The van der Waals surface area contributed by atoms with Gasteiger partial charge in [-0.2, -0.15) is 24.4 Å². The SMILES string of the molecule is O=C(O)C(CCCSCCS)C(=O)O. The van der Waals surface area contributed by atoms with Gasteiger partial charge in [-0.05, 0) is 24.3 Å². The summed E-state index contributed by atoms with van der Waals surface area (Å²) in [6.07, 6.45) is 0.811. The van der Waals surface area contributed by atoms with Crippen molar-refractivity contribution in [1.82, 2.24) is 0 Å². The van der Waals surface area contributed by atoms with Gasteiger partial charge in [0.15, 0.2) is 5.92 Å². The summed E-state index contributed by atoms with van der Waals surface area (Å²) in [5.74, 6) is -1.28. The summed E-state index contributed by atoms with van der Waals surface area (Å²) in [6.45, 7) is 0. The third-order valence-electron chi connectivity index (χ3n) is 1.61. The first-order valence-electron chi connectivity index (χ1n) is 4.23. The zero-order valence-electron chi connectivity index (χ0n) is 7.68. The predicted octanol–water partition coefficient (Wildman–Crippen LogP) is 1.22. The topological polar surface area (TPSA) is 74.6 Å². The van der Waals surface area contributed by atoms with Crippen molar-refractivity contribution >= 4 is 36.3 Å². The molecule has 0 spiro atoms. The fourth-order valence-corrected chi connectivity index (χ4v) is 2.00.